The number of para-hydroxylation sites is 1. The molecule has 0 bridgehead atoms. The van der Waals surface area contributed by atoms with E-state index in [-0.39, 0.29) is 24.5 Å². The molecule has 0 unspecified atom stereocenters. The Labute approximate surface area is 167 Å². The van der Waals surface area contributed by atoms with Gasteiger partial charge in [0.05, 0.1) is 7.11 Å². The Bertz CT molecular complexity index is 781. The number of hydrogen-bond donors (Lipinski definition) is 0. The molecule has 0 radical (unpaired) electrons. The molecule has 0 atom stereocenters. The Kier molecular flexibility index (Phi) is 7.61. The second-order valence-corrected chi connectivity index (χ2v) is 7.61. The standard InChI is InChI=1S/C23H29NO4/c1-23(2,3)24(16-18-10-6-5-7-11-18)21(25)17-28-22(26)15-14-19-12-8-9-13-20(19)27-4/h5-13H,14-17H2,1-4H3. The zero-order chi connectivity index (χ0) is 20.6. The van der Waals surface area contributed by atoms with E-state index in [1.807, 2.05) is 75.4 Å². The smallest absolute Gasteiger partial charge is 0.306 e. The first-order valence-electron chi connectivity index (χ1n) is 9.43. The van der Waals surface area contributed by atoms with E-state index in [0.717, 1.165) is 16.9 Å². The monoisotopic (exact) mass is 383 g/mol. The van der Waals surface area contributed by atoms with Gasteiger partial charge in [-0.15, -0.1) is 0 Å². The van der Waals surface area contributed by atoms with Crippen LogP contribution >= 0.6 is 0 Å². The molecule has 0 spiro atoms. The third-order valence-electron chi connectivity index (χ3n) is 4.44. The highest BCUT2D eigenvalue weighted by molar-refractivity contribution is 5.81. The number of amides is 1. The number of carbonyl (C=O) groups excluding carboxylic acids is 2. The lowest BCUT2D eigenvalue weighted by Crippen LogP contribution is -2.46. The van der Waals surface area contributed by atoms with Crippen molar-refractivity contribution < 1.29 is 19.1 Å². The van der Waals surface area contributed by atoms with Crippen LogP contribution < -0.4 is 4.74 Å². The first kappa shape index (κ1) is 21.5. The predicted octanol–water partition coefficient (Wildman–Crippen LogP) is 4.00. The molecule has 2 rings (SSSR count). The summed E-state index contributed by atoms with van der Waals surface area (Å²) in [4.78, 5) is 26.6. The van der Waals surface area contributed by atoms with Crippen LogP contribution in [0, 0.1) is 0 Å². The Morgan fingerprint density at radius 3 is 2.25 bits per heavy atom. The number of methoxy groups -OCH3 is 1. The molecule has 0 saturated carbocycles. The van der Waals surface area contributed by atoms with Crippen molar-refractivity contribution in [2.45, 2.75) is 45.7 Å². The molecule has 0 saturated heterocycles. The van der Waals surface area contributed by atoms with Gasteiger partial charge in [0.25, 0.3) is 5.91 Å². The van der Waals surface area contributed by atoms with E-state index in [4.69, 9.17) is 9.47 Å². The average Bonchev–Trinajstić information content (AvgIpc) is 2.68. The fraction of sp³-hybridized carbons (Fsp3) is 0.391. The van der Waals surface area contributed by atoms with Crippen LogP contribution in [0.2, 0.25) is 0 Å². The number of rotatable bonds is 8. The highest BCUT2D eigenvalue weighted by Gasteiger charge is 2.27. The van der Waals surface area contributed by atoms with E-state index in [0.29, 0.717) is 13.0 Å². The van der Waals surface area contributed by atoms with Gasteiger partial charge in [-0.3, -0.25) is 9.59 Å². The lowest BCUT2D eigenvalue weighted by Gasteiger charge is -2.35. The van der Waals surface area contributed by atoms with Crippen LogP contribution in [0.4, 0.5) is 0 Å². The van der Waals surface area contributed by atoms with E-state index in [1.165, 1.54) is 0 Å². The van der Waals surface area contributed by atoms with E-state index < -0.39 is 5.97 Å². The number of aryl methyl sites for hydroxylation is 1. The van der Waals surface area contributed by atoms with Gasteiger partial charge in [0.15, 0.2) is 6.61 Å². The van der Waals surface area contributed by atoms with Crippen molar-refractivity contribution in [3.63, 3.8) is 0 Å². The van der Waals surface area contributed by atoms with Crippen LogP contribution in [0.25, 0.3) is 0 Å². The van der Waals surface area contributed by atoms with Gasteiger partial charge in [-0.2, -0.15) is 0 Å². The van der Waals surface area contributed by atoms with Gasteiger partial charge in [-0.25, -0.2) is 0 Å². The molecule has 1 amide bonds. The third-order valence-corrected chi connectivity index (χ3v) is 4.44. The van der Waals surface area contributed by atoms with Gasteiger partial charge < -0.3 is 14.4 Å². The first-order chi connectivity index (χ1) is 13.3. The van der Waals surface area contributed by atoms with Crippen molar-refractivity contribution in [2.75, 3.05) is 13.7 Å². The van der Waals surface area contributed by atoms with Gasteiger partial charge >= 0.3 is 5.97 Å². The molecule has 5 nitrogen and oxygen atoms in total. The number of hydrogen-bond acceptors (Lipinski definition) is 4. The van der Waals surface area contributed by atoms with E-state index in [1.54, 1.807) is 12.0 Å². The minimum atomic E-state index is -0.396. The van der Waals surface area contributed by atoms with Gasteiger partial charge in [-0.1, -0.05) is 48.5 Å². The van der Waals surface area contributed by atoms with E-state index in [2.05, 4.69) is 0 Å². The van der Waals surface area contributed by atoms with Crippen molar-refractivity contribution in [1.82, 2.24) is 4.90 Å². The number of nitrogens with zero attached hydrogens (tertiary/aromatic N) is 1. The molecule has 0 N–H and O–H groups in total. The molecule has 0 heterocycles. The molecule has 0 fully saturated rings. The number of benzene rings is 2. The van der Waals surface area contributed by atoms with Gasteiger partial charge in [0.2, 0.25) is 0 Å². The fourth-order valence-corrected chi connectivity index (χ4v) is 2.90. The lowest BCUT2D eigenvalue weighted by atomic mass is 10.0. The topological polar surface area (TPSA) is 55.8 Å². The maximum Gasteiger partial charge on any atom is 0.306 e. The molecule has 28 heavy (non-hydrogen) atoms. The SMILES string of the molecule is COc1ccccc1CCC(=O)OCC(=O)N(Cc1ccccc1)C(C)(C)C. The van der Waals surface area contributed by atoms with E-state index >= 15 is 0 Å². The van der Waals surface area contributed by atoms with Gasteiger partial charge in [-0.05, 0) is 44.4 Å². The minimum absolute atomic E-state index is 0.196. The fourth-order valence-electron chi connectivity index (χ4n) is 2.90. The van der Waals surface area contributed by atoms with Crippen molar-refractivity contribution in [3.8, 4) is 5.75 Å². The average molecular weight is 383 g/mol. The summed E-state index contributed by atoms with van der Waals surface area (Å²) >= 11 is 0. The Morgan fingerprint density at radius 1 is 0.964 bits per heavy atom. The molecule has 0 aromatic heterocycles. The van der Waals surface area contributed by atoms with Crippen LogP contribution in [-0.4, -0.2) is 36.0 Å². The summed E-state index contributed by atoms with van der Waals surface area (Å²) in [5, 5.41) is 0. The number of carbonyl (C=O) groups is 2. The molecular formula is C23H29NO4. The van der Waals surface area contributed by atoms with Gasteiger partial charge in [0, 0.05) is 18.5 Å². The zero-order valence-electron chi connectivity index (χ0n) is 17.1. The van der Waals surface area contributed by atoms with Crippen molar-refractivity contribution in [2.24, 2.45) is 0 Å². The van der Waals surface area contributed by atoms with Crippen LogP contribution in [-0.2, 0) is 27.3 Å². The van der Waals surface area contributed by atoms with Crippen molar-refractivity contribution in [3.05, 3.63) is 65.7 Å². The van der Waals surface area contributed by atoms with Crippen molar-refractivity contribution in [1.29, 1.82) is 0 Å². The summed E-state index contributed by atoms with van der Waals surface area (Å²) < 4.78 is 10.5. The number of ether oxygens (including phenoxy) is 2. The van der Waals surface area contributed by atoms with Crippen LogP contribution in [0.5, 0.6) is 5.75 Å². The summed E-state index contributed by atoms with van der Waals surface area (Å²) in [5.74, 6) is 0.142. The largest absolute Gasteiger partial charge is 0.496 e. The maximum atomic E-state index is 12.7. The normalized spacial score (nSPS) is 11.0. The molecule has 5 heteroatoms. The van der Waals surface area contributed by atoms with Crippen molar-refractivity contribution >= 4 is 11.9 Å². The maximum absolute atomic E-state index is 12.7. The first-order valence-corrected chi connectivity index (χ1v) is 9.43. The second-order valence-electron chi connectivity index (χ2n) is 7.61. The number of esters is 1. The predicted molar refractivity (Wildman–Crippen MR) is 109 cm³/mol. The zero-order valence-corrected chi connectivity index (χ0v) is 17.1. The molecule has 2 aromatic rings. The molecule has 0 aliphatic heterocycles. The molecular weight excluding hydrogens is 354 g/mol. The summed E-state index contributed by atoms with van der Waals surface area (Å²) in [7, 11) is 1.60. The quantitative estimate of drug-likeness (QED) is 0.647. The molecule has 0 aliphatic carbocycles. The minimum Gasteiger partial charge on any atom is -0.496 e. The third kappa shape index (κ3) is 6.41. The van der Waals surface area contributed by atoms with Crippen LogP contribution in [0.1, 0.15) is 38.3 Å². The lowest BCUT2D eigenvalue weighted by molar-refractivity contribution is -0.154. The molecule has 2 aromatic carbocycles. The molecule has 0 aliphatic rings. The summed E-state index contributed by atoms with van der Waals surface area (Å²) in [6, 6.07) is 17.3. The Balaban J connectivity index is 1.90. The Morgan fingerprint density at radius 2 is 1.61 bits per heavy atom. The summed E-state index contributed by atoms with van der Waals surface area (Å²) in [5.41, 5.74) is 1.60. The van der Waals surface area contributed by atoms with Crippen LogP contribution in [0.3, 0.4) is 0 Å². The van der Waals surface area contributed by atoms with E-state index in [9.17, 15) is 9.59 Å². The summed E-state index contributed by atoms with van der Waals surface area (Å²) in [6.07, 6.45) is 0.700. The summed E-state index contributed by atoms with van der Waals surface area (Å²) in [6.45, 7) is 6.13. The van der Waals surface area contributed by atoms with Crippen LogP contribution in [0.15, 0.2) is 54.6 Å². The highest BCUT2D eigenvalue weighted by atomic mass is 16.5. The van der Waals surface area contributed by atoms with Gasteiger partial charge in [0.1, 0.15) is 5.75 Å². The highest BCUT2D eigenvalue weighted by Crippen LogP contribution is 2.20. The second kappa shape index (κ2) is 9.93. The Hall–Kier alpha value is -2.82. The molecule has 150 valence electrons.